The Labute approximate surface area is 194 Å². The molecule has 0 bridgehead atoms. The summed E-state index contributed by atoms with van der Waals surface area (Å²) in [4.78, 5) is 4.38. The molecular weight excluding hydrogens is 418 g/mol. The van der Waals surface area contributed by atoms with E-state index < -0.39 is 0 Å². The van der Waals surface area contributed by atoms with E-state index in [-0.39, 0.29) is 5.95 Å². The molecule has 0 radical (unpaired) electrons. The SMILES string of the molecule is CCCOc1cccc(/C=N/Nc2nnc(C)c(N/N=C/c3cccc(OCCC)c3)n2)c1. The molecule has 2 N–H and O–H groups in total. The maximum absolute atomic E-state index is 5.65. The molecule has 0 spiro atoms. The predicted octanol–water partition coefficient (Wildman–Crippen LogP) is 4.65. The van der Waals surface area contributed by atoms with Gasteiger partial charge < -0.3 is 9.47 Å². The minimum atomic E-state index is 0.253. The maximum atomic E-state index is 5.65. The number of hydrogen-bond donors (Lipinski definition) is 2. The van der Waals surface area contributed by atoms with E-state index in [1.165, 1.54) is 0 Å². The van der Waals surface area contributed by atoms with Crippen molar-refractivity contribution in [1.82, 2.24) is 15.2 Å². The van der Waals surface area contributed by atoms with Crippen molar-refractivity contribution in [1.29, 1.82) is 0 Å². The average Bonchev–Trinajstić information content (AvgIpc) is 2.84. The van der Waals surface area contributed by atoms with E-state index >= 15 is 0 Å². The van der Waals surface area contributed by atoms with E-state index in [1.54, 1.807) is 19.4 Å². The molecule has 0 saturated carbocycles. The first kappa shape index (κ1) is 23.6. The first-order valence-electron chi connectivity index (χ1n) is 10.9. The number of rotatable bonds is 12. The van der Waals surface area contributed by atoms with Gasteiger partial charge in [-0.1, -0.05) is 38.1 Å². The van der Waals surface area contributed by atoms with Crippen molar-refractivity contribution in [3.8, 4) is 11.5 Å². The van der Waals surface area contributed by atoms with Crippen molar-refractivity contribution in [2.75, 3.05) is 24.1 Å². The first-order valence-corrected chi connectivity index (χ1v) is 10.9. The van der Waals surface area contributed by atoms with E-state index in [1.807, 2.05) is 48.5 Å². The number of nitrogens with zero attached hydrogens (tertiary/aromatic N) is 5. The van der Waals surface area contributed by atoms with Crippen molar-refractivity contribution in [3.63, 3.8) is 0 Å². The number of ether oxygens (including phenoxy) is 2. The van der Waals surface area contributed by atoms with Gasteiger partial charge in [-0.25, -0.2) is 5.43 Å². The summed E-state index contributed by atoms with van der Waals surface area (Å²) in [6, 6.07) is 15.4. The number of anilines is 2. The molecule has 3 aromatic rings. The second-order valence-electron chi connectivity index (χ2n) is 7.15. The summed E-state index contributed by atoms with van der Waals surface area (Å²) in [7, 11) is 0. The molecule has 0 fully saturated rings. The maximum Gasteiger partial charge on any atom is 0.265 e. The lowest BCUT2D eigenvalue weighted by atomic mass is 10.2. The zero-order valence-electron chi connectivity index (χ0n) is 19.2. The van der Waals surface area contributed by atoms with Crippen molar-refractivity contribution in [2.45, 2.75) is 33.6 Å². The molecule has 0 atom stereocenters. The molecule has 0 aliphatic carbocycles. The smallest absolute Gasteiger partial charge is 0.265 e. The summed E-state index contributed by atoms with van der Waals surface area (Å²) in [6.07, 6.45) is 5.28. The molecule has 3 rings (SSSR count). The topological polar surface area (TPSA) is 106 Å². The number of hydrogen-bond acceptors (Lipinski definition) is 9. The van der Waals surface area contributed by atoms with E-state index in [9.17, 15) is 0 Å². The number of aromatic nitrogens is 3. The van der Waals surface area contributed by atoms with E-state index in [2.05, 4.69) is 50.1 Å². The van der Waals surface area contributed by atoms with Crippen LogP contribution >= 0.6 is 0 Å². The van der Waals surface area contributed by atoms with Gasteiger partial charge in [0.25, 0.3) is 5.95 Å². The molecule has 1 heterocycles. The summed E-state index contributed by atoms with van der Waals surface area (Å²) in [6.45, 7) is 7.30. The predicted molar refractivity (Wildman–Crippen MR) is 131 cm³/mol. The van der Waals surface area contributed by atoms with Crippen molar-refractivity contribution in [2.24, 2.45) is 10.2 Å². The molecular formula is C24H29N7O2. The second kappa shape index (κ2) is 12.7. The highest BCUT2D eigenvalue weighted by atomic mass is 16.5. The third kappa shape index (κ3) is 7.88. The lowest BCUT2D eigenvalue weighted by molar-refractivity contribution is 0.317. The van der Waals surface area contributed by atoms with Crippen LogP contribution in [0.15, 0.2) is 58.7 Å². The Hall–Kier alpha value is -4.01. The van der Waals surface area contributed by atoms with Crippen LogP contribution in [-0.2, 0) is 0 Å². The fraction of sp³-hybridized carbons (Fsp3) is 0.292. The Morgan fingerprint density at radius 3 is 1.97 bits per heavy atom. The van der Waals surface area contributed by atoms with Crippen molar-refractivity contribution < 1.29 is 9.47 Å². The summed E-state index contributed by atoms with van der Waals surface area (Å²) in [5.74, 6) is 2.35. The minimum Gasteiger partial charge on any atom is -0.494 e. The van der Waals surface area contributed by atoms with Crippen LogP contribution < -0.4 is 20.3 Å². The number of aryl methyl sites for hydroxylation is 1. The number of nitrogens with one attached hydrogen (secondary N) is 2. The third-order valence-corrected chi connectivity index (χ3v) is 4.28. The standard InChI is InChI=1S/C24H29N7O2/c1-4-12-32-21-10-6-8-19(14-21)16-25-29-23-18(3)28-31-24(27-23)30-26-17-20-9-7-11-22(15-20)33-13-5-2/h6-11,14-17H,4-5,12-13H2,1-3H3,(H2,27,29,30,31)/b25-16+,26-17+. The van der Waals surface area contributed by atoms with Crippen LogP contribution in [0.5, 0.6) is 11.5 Å². The van der Waals surface area contributed by atoms with Crippen LogP contribution in [0.1, 0.15) is 43.5 Å². The van der Waals surface area contributed by atoms with Crippen LogP contribution in [0.3, 0.4) is 0 Å². The normalized spacial score (nSPS) is 11.1. The molecule has 9 heteroatoms. The molecule has 9 nitrogen and oxygen atoms in total. The van der Waals surface area contributed by atoms with Crippen molar-refractivity contribution >= 4 is 24.2 Å². The highest BCUT2D eigenvalue weighted by molar-refractivity contribution is 5.81. The van der Waals surface area contributed by atoms with Gasteiger partial charge in [-0.3, -0.25) is 5.43 Å². The Bertz CT molecular complexity index is 1090. The van der Waals surface area contributed by atoms with E-state index in [0.29, 0.717) is 24.7 Å². The van der Waals surface area contributed by atoms with Crippen molar-refractivity contribution in [3.05, 3.63) is 65.4 Å². The molecule has 0 unspecified atom stereocenters. The van der Waals surface area contributed by atoms with E-state index in [0.717, 1.165) is 35.5 Å². The van der Waals surface area contributed by atoms with Gasteiger partial charge in [0.2, 0.25) is 0 Å². The highest BCUT2D eigenvalue weighted by Crippen LogP contribution is 2.14. The third-order valence-electron chi connectivity index (χ3n) is 4.28. The number of hydrazone groups is 2. The van der Waals surface area contributed by atoms with Gasteiger partial charge in [0.05, 0.1) is 25.6 Å². The Morgan fingerprint density at radius 1 is 0.818 bits per heavy atom. The van der Waals surface area contributed by atoms with Gasteiger partial charge in [0, 0.05) is 0 Å². The summed E-state index contributed by atoms with van der Waals surface area (Å²) < 4.78 is 11.3. The van der Waals surface area contributed by atoms with Gasteiger partial charge in [-0.15, -0.1) is 10.2 Å². The summed E-state index contributed by atoms with van der Waals surface area (Å²) in [5.41, 5.74) is 8.11. The van der Waals surface area contributed by atoms with Crippen LogP contribution in [0, 0.1) is 6.92 Å². The second-order valence-corrected chi connectivity index (χ2v) is 7.15. The highest BCUT2D eigenvalue weighted by Gasteiger charge is 2.04. The molecule has 0 amide bonds. The van der Waals surface area contributed by atoms with Crippen LogP contribution in [0.4, 0.5) is 11.8 Å². The molecule has 33 heavy (non-hydrogen) atoms. The molecule has 0 aliphatic rings. The monoisotopic (exact) mass is 447 g/mol. The Kier molecular flexibility index (Phi) is 9.14. The van der Waals surface area contributed by atoms with Crippen LogP contribution in [0.25, 0.3) is 0 Å². The average molecular weight is 448 g/mol. The fourth-order valence-electron chi connectivity index (χ4n) is 2.67. The lowest BCUT2D eigenvalue weighted by Gasteiger charge is -2.06. The zero-order valence-corrected chi connectivity index (χ0v) is 19.2. The van der Waals surface area contributed by atoms with Crippen LogP contribution in [-0.4, -0.2) is 40.8 Å². The van der Waals surface area contributed by atoms with E-state index in [4.69, 9.17) is 9.47 Å². The molecule has 2 aromatic carbocycles. The Balaban J connectivity index is 1.59. The Morgan fingerprint density at radius 2 is 1.39 bits per heavy atom. The van der Waals surface area contributed by atoms with Gasteiger partial charge in [-0.2, -0.15) is 15.2 Å². The minimum absolute atomic E-state index is 0.253. The molecule has 1 aromatic heterocycles. The first-order chi connectivity index (χ1) is 16.2. The quantitative estimate of drug-likeness (QED) is 0.307. The molecule has 0 saturated heterocycles. The summed E-state index contributed by atoms with van der Waals surface area (Å²) in [5, 5.41) is 16.6. The largest absolute Gasteiger partial charge is 0.494 e. The van der Waals surface area contributed by atoms with Gasteiger partial charge >= 0.3 is 0 Å². The van der Waals surface area contributed by atoms with Crippen LogP contribution in [0.2, 0.25) is 0 Å². The zero-order chi connectivity index (χ0) is 23.3. The van der Waals surface area contributed by atoms with Gasteiger partial charge in [0.15, 0.2) is 5.82 Å². The molecule has 0 aliphatic heterocycles. The van der Waals surface area contributed by atoms with Gasteiger partial charge in [-0.05, 0) is 55.2 Å². The number of benzene rings is 2. The molecule has 172 valence electrons. The lowest BCUT2D eigenvalue weighted by Crippen LogP contribution is -2.05. The van der Waals surface area contributed by atoms with Gasteiger partial charge in [0.1, 0.15) is 17.2 Å². The summed E-state index contributed by atoms with van der Waals surface area (Å²) >= 11 is 0. The fourth-order valence-corrected chi connectivity index (χ4v) is 2.67.